The number of benzene rings is 2. The van der Waals surface area contributed by atoms with Crippen LogP contribution < -0.4 is 0 Å². The number of ether oxygens (including phenoxy) is 1. The Morgan fingerprint density at radius 2 is 1.81 bits per heavy atom. The highest BCUT2D eigenvalue weighted by Crippen LogP contribution is 2.33. The predicted octanol–water partition coefficient (Wildman–Crippen LogP) is 3.49. The maximum atomic E-state index is 5.53. The molecule has 2 aromatic carbocycles. The summed E-state index contributed by atoms with van der Waals surface area (Å²) in [5.41, 5.74) is 6.88. The summed E-state index contributed by atoms with van der Waals surface area (Å²) in [4.78, 5) is 7.43. The minimum absolute atomic E-state index is 0.200. The average Bonchev–Trinajstić information content (AvgIpc) is 3.58. The maximum absolute atomic E-state index is 5.53. The third kappa shape index (κ3) is 4.15. The molecule has 9 nitrogen and oxygen atoms in total. The van der Waals surface area contributed by atoms with Gasteiger partial charge in [0, 0.05) is 50.1 Å². The Balaban J connectivity index is 1.23. The van der Waals surface area contributed by atoms with Crippen molar-refractivity contribution < 1.29 is 4.74 Å². The van der Waals surface area contributed by atoms with Crippen molar-refractivity contribution in [1.29, 1.82) is 0 Å². The number of tetrazole rings is 1. The van der Waals surface area contributed by atoms with E-state index in [4.69, 9.17) is 9.73 Å². The van der Waals surface area contributed by atoms with E-state index < -0.39 is 0 Å². The lowest BCUT2D eigenvalue weighted by molar-refractivity contribution is 0.0419. The van der Waals surface area contributed by atoms with Crippen LogP contribution in [0.25, 0.3) is 22.5 Å². The van der Waals surface area contributed by atoms with E-state index in [-0.39, 0.29) is 6.04 Å². The van der Waals surface area contributed by atoms with Crippen molar-refractivity contribution >= 4 is 5.71 Å². The molecule has 1 aromatic heterocycles. The lowest BCUT2D eigenvalue weighted by atomic mass is 9.95. The molecule has 0 bridgehead atoms. The molecule has 1 atom stereocenters. The molecule has 4 heterocycles. The molecule has 1 fully saturated rings. The largest absolute Gasteiger partial charge is 0.378 e. The Morgan fingerprint density at radius 3 is 2.53 bits per heavy atom. The van der Waals surface area contributed by atoms with Gasteiger partial charge in [-0.1, -0.05) is 55.5 Å². The van der Waals surface area contributed by atoms with Gasteiger partial charge in [-0.15, -0.1) is 10.2 Å². The second kappa shape index (κ2) is 9.58. The van der Waals surface area contributed by atoms with Crippen LogP contribution in [0, 0.1) is 0 Å². The van der Waals surface area contributed by atoms with Crippen molar-refractivity contribution in [1.82, 2.24) is 35.5 Å². The van der Waals surface area contributed by atoms with Gasteiger partial charge in [0.25, 0.3) is 0 Å². The van der Waals surface area contributed by atoms with E-state index >= 15 is 0 Å². The van der Waals surface area contributed by atoms with E-state index in [1.54, 1.807) is 0 Å². The van der Waals surface area contributed by atoms with Gasteiger partial charge in [0.05, 0.1) is 25.0 Å². The number of hydrogen-bond donors (Lipinski definition) is 1. The lowest BCUT2D eigenvalue weighted by Crippen LogP contribution is -2.47. The number of hydrazine groups is 1. The smallest absolute Gasteiger partial charge is 0.205 e. The van der Waals surface area contributed by atoms with Crippen molar-refractivity contribution in [2.24, 2.45) is 4.99 Å². The van der Waals surface area contributed by atoms with E-state index in [1.165, 1.54) is 17.0 Å². The zero-order valence-corrected chi connectivity index (χ0v) is 20.6. The molecule has 3 aliphatic heterocycles. The number of rotatable bonds is 6. The molecule has 36 heavy (non-hydrogen) atoms. The summed E-state index contributed by atoms with van der Waals surface area (Å²) < 4.78 is 5.53. The summed E-state index contributed by atoms with van der Waals surface area (Å²) in [6.07, 6.45) is 6.25. The Labute approximate surface area is 210 Å². The molecule has 0 radical (unpaired) electrons. The molecule has 0 saturated carbocycles. The van der Waals surface area contributed by atoms with Crippen LogP contribution in [0.15, 0.2) is 77.3 Å². The standard InChI is InChI=1S/C27H30N8O/c1-3-24-25(35-26(28-24)17-21(18-33(35)2)34-12-14-36-15-13-34)16-19-8-10-20(11-9-19)22-6-4-5-7-23(22)27-29-31-32-30-27/h4-11,17-18,25H,3,12-16H2,1-2H3,(H,29,30,31,32). The minimum atomic E-state index is 0.200. The lowest BCUT2D eigenvalue weighted by Gasteiger charge is -2.40. The Kier molecular flexibility index (Phi) is 5.98. The Morgan fingerprint density at radius 1 is 1.03 bits per heavy atom. The highest BCUT2D eigenvalue weighted by Gasteiger charge is 2.36. The van der Waals surface area contributed by atoms with E-state index in [9.17, 15) is 0 Å². The fraction of sp³-hybridized carbons (Fsp3) is 0.333. The van der Waals surface area contributed by atoms with Crippen molar-refractivity contribution in [2.45, 2.75) is 25.8 Å². The van der Waals surface area contributed by atoms with Crippen molar-refractivity contribution in [3.63, 3.8) is 0 Å². The topological polar surface area (TPSA) is 85.8 Å². The molecule has 1 unspecified atom stereocenters. The van der Waals surface area contributed by atoms with E-state index in [2.05, 4.69) is 92.1 Å². The second-order valence-corrected chi connectivity index (χ2v) is 9.23. The molecule has 1 saturated heterocycles. The number of nitrogens with zero attached hydrogens (tertiary/aromatic N) is 7. The first-order valence-corrected chi connectivity index (χ1v) is 12.5. The Bertz CT molecular complexity index is 1310. The fourth-order valence-electron chi connectivity index (χ4n) is 5.24. The SMILES string of the molecule is CCC1=NC2=CC(N3CCOCC3)=CN(C)N2C1Cc1ccc(-c2ccccc2-c2nn[nH]n2)cc1. The number of H-pyrrole nitrogens is 1. The zero-order chi connectivity index (χ0) is 24.5. The highest BCUT2D eigenvalue weighted by molar-refractivity contribution is 5.92. The maximum Gasteiger partial charge on any atom is 0.205 e. The number of morpholine rings is 1. The van der Waals surface area contributed by atoms with Crippen LogP contribution in [-0.4, -0.2) is 80.6 Å². The summed E-state index contributed by atoms with van der Waals surface area (Å²) in [6.45, 7) is 5.57. The number of hydrogen-bond acceptors (Lipinski definition) is 8. The van der Waals surface area contributed by atoms with Gasteiger partial charge in [-0.25, -0.2) is 4.99 Å². The van der Waals surface area contributed by atoms with Gasteiger partial charge in [-0.3, -0.25) is 10.0 Å². The molecular weight excluding hydrogens is 452 g/mol. The van der Waals surface area contributed by atoms with Gasteiger partial charge in [0.15, 0.2) is 0 Å². The second-order valence-electron chi connectivity index (χ2n) is 9.23. The summed E-state index contributed by atoms with van der Waals surface area (Å²) in [5, 5.41) is 19.1. The van der Waals surface area contributed by atoms with Crippen LogP contribution in [0.2, 0.25) is 0 Å². The molecule has 184 valence electrons. The van der Waals surface area contributed by atoms with Crippen LogP contribution in [0.5, 0.6) is 0 Å². The summed E-state index contributed by atoms with van der Waals surface area (Å²) in [7, 11) is 2.12. The van der Waals surface area contributed by atoms with Gasteiger partial charge in [0.2, 0.25) is 5.82 Å². The van der Waals surface area contributed by atoms with E-state index in [0.717, 1.165) is 61.7 Å². The molecule has 6 rings (SSSR count). The normalized spacial score (nSPS) is 19.7. The van der Waals surface area contributed by atoms with Crippen LogP contribution in [-0.2, 0) is 11.2 Å². The quantitative estimate of drug-likeness (QED) is 0.576. The van der Waals surface area contributed by atoms with Crippen molar-refractivity contribution in [2.75, 3.05) is 33.4 Å². The number of fused-ring (bicyclic) bond motifs is 1. The summed E-state index contributed by atoms with van der Waals surface area (Å²) in [5.74, 6) is 1.62. The van der Waals surface area contributed by atoms with Crippen LogP contribution in [0.1, 0.15) is 18.9 Å². The molecule has 9 heteroatoms. The number of aromatic amines is 1. The van der Waals surface area contributed by atoms with Crippen molar-refractivity contribution in [3.8, 4) is 22.5 Å². The van der Waals surface area contributed by atoms with E-state index in [1.807, 2.05) is 18.2 Å². The third-order valence-electron chi connectivity index (χ3n) is 7.05. The third-order valence-corrected chi connectivity index (χ3v) is 7.05. The predicted molar refractivity (Wildman–Crippen MR) is 138 cm³/mol. The van der Waals surface area contributed by atoms with Gasteiger partial charge >= 0.3 is 0 Å². The van der Waals surface area contributed by atoms with Crippen molar-refractivity contribution in [3.05, 3.63) is 77.9 Å². The van der Waals surface area contributed by atoms with Gasteiger partial charge < -0.3 is 9.64 Å². The first kappa shape index (κ1) is 22.5. The summed E-state index contributed by atoms with van der Waals surface area (Å²) in [6, 6.07) is 17.1. The number of nitrogens with one attached hydrogen (secondary N) is 1. The molecule has 0 spiro atoms. The average molecular weight is 483 g/mol. The number of aromatic nitrogens is 4. The molecule has 0 amide bonds. The first-order valence-electron chi connectivity index (χ1n) is 12.5. The van der Waals surface area contributed by atoms with Crippen LogP contribution in [0.4, 0.5) is 0 Å². The molecule has 3 aromatic rings. The molecule has 1 N–H and O–H groups in total. The molecular formula is C27H30N8O. The van der Waals surface area contributed by atoms with Gasteiger partial charge in [0.1, 0.15) is 5.82 Å². The highest BCUT2D eigenvalue weighted by atomic mass is 16.5. The van der Waals surface area contributed by atoms with E-state index in [0.29, 0.717) is 5.82 Å². The van der Waals surface area contributed by atoms with Crippen LogP contribution >= 0.6 is 0 Å². The number of aliphatic imine (C=N–C) groups is 1. The van der Waals surface area contributed by atoms with Crippen LogP contribution in [0.3, 0.4) is 0 Å². The summed E-state index contributed by atoms with van der Waals surface area (Å²) >= 11 is 0. The monoisotopic (exact) mass is 482 g/mol. The Hall–Kier alpha value is -3.98. The fourth-order valence-corrected chi connectivity index (χ4v) is 5.24. The van der Waals surface area contributed by atoms with Gasteiger partial charge in [-0.05, 0) is 28.3 Å². The zero-order valence-electron chi connectivity index (χ0n) is 20.6. The first-order chi connectivity index (χ1) is 17.7. The number of allylic oxidation sites excluding steroid dienone is 1. The molecule has 0 aliphatic carbocycles. The van der Waals surface area contributed by atoms with Gasteiger partial charge in [-0.2, -0.15) is 5.21 Å². The molecule has 3 aliphatic rings. The minimum Gasteiger partial charge on any atom is -0.378 e.